The van der Waals surface area contributed by atoms with Crippen LogP contribution in [0.25, 0.3) is 0 Å². The zero-order valence-corrected chi connectivity index (χ0v) is 17.0. The second-order valence-electron chi connectivity index (χ2n) is 8.37. The number of aromatic nitrogens is 1. The van der Waals surface area contributed by atoms with Gasteiger partial charge in [-0.3, -0.25) is 0 Å². The van der Waals surface area contributed by atoms with E-state index in [1.54, 1.807) is 18.9 Å². The molecule has 0 N–H and O–H groups in total. The van der Waals surface area contributed by atoms with Crippen molar-refractivity contribution >= 4 is 11.4 Å². The Morgan fingerprint density at radius 3 is 2.96 bits per heavy atom. The van der Waals surface area contributed by atoms with Gasteiger partial charge in [0.1, 0.15) is 0 Å². The number of benzene rings is 1. The van der Waals surface area contributed by atoms with Gasteiger partial charge in [-0.15, -0.1) is 0 Å². The molecule has 1 saturated heterocycles. The quantitative estimate of drug-likeness (QED) is 0.798. The van der Waals surface area contributed by atoms with E-state index in [9.17, 15) is 0 Å². The molecular formula is C23H30N4O. The van der Waals surface area contributed by atoms with Crippen molar-refractivity contribution in [3.8, 4) is 5.88 Å². The third-order valence-electron chi connectivity index (χ3n) is 6.84. The second-order valence-corrected chi connectivity index (χ2v) is 8.37. The standard InChI is InChI=1S/C23H30N4O/c1-25-14-15-27-20-10-13-26(12-5-7-17-6-4-11-24-23(17)28-2)16-19(20)18-8-3-9-21(25)22(18)27/h3-4,6,8-9,11,19-20H,5,7,10,12-16H2,1-2H3/t19-,20-/m0/s1. The van der Waals surface area contributed by atoms with E-state index < -0.39 is 0 Å². The summed E-state index contributed by atoms with van der Waals surface area (Å²) in [7, 11) is 3.94. The van der Waals surface area contributed by atoms with Crippen molar-refractivity contribution in [2.75, 3.05) is 56.7 Å². The minimum Gasteiger partial charge on any atom is -0.481 e. The number of fused-ring (bicyclic) bond motifs is 3. The average molecular weight is 379 g/mol. The lowest BCUT2D eigenvalue weighted by Crippen LogP contribution is -2.49. The van der Waals surface area contributed by atoms with Crippen LogP contribution < -0.4 is 14.5 Å². The summed E-state index contributed by atoms with van der Waals surface area (Å²) in [6.45, 7) is 5.85. The molecule has 5 heteroatoms. The molecule has 0 unspecified atom stereocenters. The molecule has 0 aliphatic carbocycles. The normalized spacial score (nSPS) is 23.5. The second kappa shape index (κ2) is 7.28. The molecule has 0 radical (unpaired) electrons. The van der Waals surface area contributed by atoms with Crippen LogP contribution in [0.4, 0.5) is 11.4 Å². The third kappa shape index (κ3) is 2.93. The first kappa shape index (κ1) is 17.8. The number of pyridine rings is 1. The summed E-state index contributed by atoms with van der Waals surface area (Å²) in [6, 6.07) is 11.8. The molecule has 3 aliphatic rings. The Balaban J connectivity index is 1.26. The fourth-order valence-electron chi connectivity index (χ4n) is 5.47. The van der Waals surface area contributed by atoms with Crippen LogP contribution in [-0.2, 0) is 6.42 Å². The molecule has 28 heavy (non-hydrogen) atoms. The first-order chi connectivity index (χ1) is 13.8. The van der Waals surface area contributed by atoms with Crippen LogP contribution in [-0.4, -0.2) is 62.8 Å². The van der Waals surface area contributed by atoms with Gasteiger partial charge in [0.15, 0.2) is 0 Å². The van der Waals surface area contributed by atoms with E-state index in [2.05, 4.69) is 51.0 Å². The van der Waals surface area contributed by atoms with Crippen molar-refractivity contribution in [2.24, 2.45) is 0 Å². The smallest absolute Gasteiger partial charge is 0.216 e. The average Bonchev–Trinajstić information content (AvgIpc) is 3.05. The third-order valence-corrected chi connectivity index (χ3v) is 6.84. The maximum atomic E-state index is 5.40. The number of methoxy groups -OCH3 is 1. The molecule has 4 heterocycles. The number of nitrogens with zero attached hydrogens (tertiary/aromatic N) is 4. The van der Waals surface area contributed by atoms with Crippen LogP contribution in [0.15, 0.2) is 36.5 Å². The lowest BCUT2D eigenvalue weighted by molar-refractivity contribution is 0.191. The molecule has 1 aromatic heterocycles. The van der Waals surface area contributed by atoms with Gasteiger partial charge in [-0.2, -0.15) is 0 Å². The molecule has 5 rings (SSSR count). The van der Waals surface area contributed by atoms with Gasteiger partial charge >= 0.3 is 0 Å². The zero-order chi connectivity index (χ0) is 19.1. The van der Waals surface area contributed by atoms with E-state index in [4.69, 9.17) is 4.74 Å². The number of anilines is 2. The van der Waals surface area contributed by atoms with E-state index >= 15 is 0 Å². The summed E-state index contributed by atoms with van der Waals surface area (Å²) in [5, 5.41) is 0. The molecule has 148 valence electrons. The van der Waals surface area contributed by atoms with Gasteiger partial charge < -0.3 is 19.4 Å². The Bertz CT molecular complexity index is 854. The monoisotopic (exact) mass is 378 g/mol. The van der Waals surface area contributed by atoms with Crippen LogP contribution in [0.3, 0.4) is 0 Å². The lowest BCUT2D eigenvalue weighted by atomic mass is 9.89. The Morgan fingerprint density at radius 1 is 1.14 bits per heavy atom. The number of likely N-dealkylation sites (N-methyl/N-ethyl adjacent to an activating group) is 1. The molecule has 5 nitrogen and oxygen atoms in total. The summed E-state index contributed by atoms with van der Waals surface area (Å²) in [5.74, 6) is 1.43. The van der Waals surface area contributed by atoms with Gasteiger partial charge in [0, 0.05) is 56.9 Å². The lowest BCUT2D eigenvalue weighted by Gasteiger charge is -2.41. The molecule has 0 saturated carbocycles. The van der Waals surface area contributed by atoms with Crippen molar-refractivity contribution in [1.82, 2.24) is 9.88 Å². The number of piperidine rings is 1. The highest BCUT2D eigenvalue weighted by molar-refractivity contribution is 5.80. The maximum absolute atomic E-state index is 5.40. The summed E-state index contributed by atoms with van der Waals surface area (Å²) < 4.78 is 5.40. The first-order valence-electron chi connectivity index (χ1n) is 10.6. The van der Waals surface area contributed by atoms with Gasteiger partial charge in [-0.25, -0.2) is 4.98 Å². The maximum Gasteiger partial charge on any atom is 0.216 e. The molecule has 0 amide bonds. The predicted octanol–water partition coefficient (Wildman–Crippen LogP) is 3.15. The number of aryl methyl sites for hydroxylation is 1. The highest BCUT2D eigenvalue weighted by atomic mass is 16.5. The molecule has 0 bridgehead atoms. The highest BCUT2D eigenvalue weighted by Crippen LogP contribution is 2.50. The van der Waals surface area contributed by atoms with Crippen molar-refractivity contribution in [3.05, 3.63) is 47.7 Å². The SMILES string of the molecule is COc1ncccc1CCCN1CC[C@H]2[C@@H](C1)c1cccc3c1N2CCN3C. The summed E-state index contributed by atoms with van der Waals surface area (Å²) in [4.78, 5) is 12.1. The molecule has 2 aromatic rings. The first-order valence-corrected chi connectivity index (χ1v) is 10.6. The predicted molar refractivity (Wildman–Crippen MR) is 114 cm³/mol. The van der Waals surface area contributed by atoms with Crippen molar-refractivity contribution in [3.63, 3.8) is 0 Å². The Hall–Kier alpha value is -2.27. The Morgan fingerprint density at radius 2 is 2.07 bits per heavy atom. The molecule has 3 aliphatic heterocycles. The summed E-state index contributed by atoms with van der Waals surface area (Å²) in [6.07, 6.45) is 5.26. The minimum absolute atomic E-state index is 0.656. The largest absolute Gasteiger partial charge is 0.481 e. The van der Waals surface area contributed by atoms with E-state index in [0.717, 1.165) is 31.8 Å². The Kier molecular flexibility index (Phi) is 4.63. The number of likely N-dealkylation sites (tertiary alicyclic amines) is 1. The number of hydrogen-bond acceptors (Lipinski definition) is 5. The highest BCUT2D eigenvalue weighted by Gasteiger charge is 2.44. The van der Waals surface area contributed by atoms with Crippen molar-refractivity contribution in [2.45, 2.75) is 31.2 Å². The number of para-hydroxylation sites is 1. The zero-order valence-electron chi connectivity index (χ0n) is 17.0. The van der Waals surface area contributed by atoms with E-state index in [-0.39, 0.29) is 0 Å². The topological polar surface area (TPSA) is 31.8 Å². The van der Waals surface area contributed by atoms with Crippen LogP contribution >= 0.6 is 0 Å². The van der Waals surface area contributed by atoms with Gasteiger partial charge in [-0.05, 0) is 43.5 Å². The van der Waals surface area contributed by atoms with Gasteiger partial charge in [0.05, 0.1) is 18.5 Å². The number of ether oxygens (including phenoxy) is 1. The van der Waals surface area contributed by atoms with Crippen molar-refractivity contribution in [1.29, 1.82) is 0 Å². The van der Waals surface area contributed by atoms with Gasteiger partial charge in [0.2, 0.25) is 5.88 Å². The molecule has 1 fully saturated rings. The fraction of sp³-hybridized carbons (Fsp3) is 0.522. The summed E-state index contributed by atoms with van der Waals surface area (Å²) >= 11 is 0. The number of rotatable bonds is 5. The Labute approximate surface area is 167 Å². The fourth-order valence-corrected chi connectivity index (χ4v) is 5.47. The molecule has 2 atom stereocenters. The molecular weight excluding hydrogens is 348 g/mol. The van der Waals surface area contributed by atoms with E-state index in [1.807, 2.05) is 6.07 Å². The molecule has 0 spiro atoms. The van der Waals surface area contributed by atoms with Crippen LogP contribution in [0.5, 0.6) is 5.88 Å². The van der Waals surface area contributed by atoms with Gasteiger partial charge in [0.25, 0.3) is 0 Å². The van der Waals surface area contributed by atoms with Gasteiger partial charge in [-0.1, -0.05) is 18.2 Å². The summed E-state index contributed by atoms with van der Waals surface area (Å²) in [5.41, 5.74) is 5.74. The molecule has 1 aromatic carbocycles. The van der Waals surface area contributed by atoms with Crippen molar-refractivity contribution < 1.29 is 4.74 Å². The van der Waals surface area contributed by atoms with Crippen LogP contribution in [0.1, 0.15) is 29.9 Å². The van der Waals surface area contributed by atoms with E-state index in [1.165, 1.54) is 43.0 Å². The van der Waals surface area contributed by atoms with E-state index in [0.29, 0.717) is 12.0 Å². The van der Waals surface area contributed by atoms with Crippen LogP contribution in [0.2, 0.25) is 0 Å². The number of hydrogen-bond donors (Lipinski definition) is 0. The minimum atomic E-state index is 0.656. The van der Waals surface area contributed by atoms with Crippen LogP contribution in [0, 0.1) is 0 Å².